The molecule has 9 atom stereocenters. The maximum Gasteiger partial charge on any atom is 0.394 e. The van der Waals surface area contributed by atoms with Crippen molar-refractivity contribution >= 4 is 10.4 Å². The van der Waals surface area contributed by atoms with Gasteiger partial charge >= 0.3 is 10.4 Å². The van der Waals surface area contributed by atoms with Crippen molar-refractivity contribution in [2.75, 3.05) is 7.05 Å². The third kappa shape index (κ3) is 9.69. The minimum atomic E-state index is -4.67. The number of allylic oxidation sites excluding steroid dienone is 4. The van der Waals surface area contributed by atoms with Gasteiger partial charge in [0.25, 0.3) is 0 Å². The molecule has 7 nitrogen and oxygen atoms in total. The highest BCUT2D eigenvalue weighted by Gasteiger charge is 2.63. The van der Waals surface area contributed by atoms with Crippen molar-refractivity contribution in [1.29, 1.82) is 0 Å². The molecule has 0 radical (unpaired) electrons. The molecule has 2 aromatic carbocycles. The lowest BCUT2D eigenvalue weighted by Crippen LogP contribution is -2.55. The lowest BCUT2D eigenvalue weighted by molar-refractivity contribution is -0.0962. The number of fused-ring (bicyclic) bond motifs is 6. The Morgan fingerprint density at radius 2 is 1.37 bits per heavy atom. The molecular formula is C51H77NO6S. The summed E-state index contributed by atoms with van der Waals surface area (Å²) in [5.74, 6) is 2.32. The van der Waals surface area contributed by atoms with Gasteiger partial charge in [-0.25, -0.2) is 0 Å². The summed E-state index contributed by atoms with van der Waals surface area (Å²) < 4.78 is 38.2. The highest BCUT2D eigenvalue weighted by molar-refractivity contribution is 7.79. The number of aliphatic hydroxyl groups excluding tert-OH is 1. The zero-order chi connectivity index (χ0) is 43.0. The average molecular weight is 832 g/mol. The molecule has 2 aromatic rings. The molecule has 2 saturated heterocycles. The molecule has 0 amide bonds. The first kappa shape index (κ1) is 46.2. The van der Waals surface area contributed by atoms with E-state index in [0.717, 1.165) is 18.3 Å². The third-order valence-corrected chi connectivity index (χ3v) is 17.2. The Morgan fingerprint density at radius 1 is 0.814 bits per heavy atom. The lowest BCUT2D eigenvalue weighted by Gasteiger charge is -2.62. The highest BCUT2D eigenvalue weighted by atomic mass is 32.3. The van der Waals surface area contributed by atoms with Crippen molar-refractivity contribution in [1.82, 2.24) is 4.90 Å². The molecule has 0 spiro atoms. The van der Waals surface area contributed by atoms with E-state index in [1.807, 2.05) is 11.1 Å². The van der Waals surface area contributed by atoms with Crippen LogP contribution < -0.4 is 0 Å². The van der Waals surface area contributed by atoms with Gasteiger partial charge in [-0.2, -0.15) is 8.42 Å². The van der Waals surface area contributed by atoms with Crippen LogP contribution in [0.3, 0.4) is 0 Å². The van der Waals surface area contributed by atoms with Crippen LogP contribution in [0.25, 0.3) is 0 Å². The van der Waals surface area contributed by atoms with Gasteiger partial charge in [0.05, 0.1) is 12.2 Å². The van der Waals surface area contributed by atoms with Gasteiger partial charge in [-0.1, -0.05) is 125 Å². The molecule has 2 aliphatic heterocycles. The van der Waals surface area contributed by atoms with Gasteiger partial charge in [-0.3, -0.25) is 9.11 Å². The van der Waals surface area contributed by atoms with Gasteiger partial charge in [0, 0.05) is 12.1 Å². The fraction of sp³-hybridized carbons (Fsp3) is 0.686. The fourth-order valence-electron chi connectivity index (χ4n) is 13.7. The van der Waals surface area contributed by atoms with E-state index in [9.17, 15) is 5.11 Å². The Kier molecular flexibility index (Phi) is 14.2. The van der Waals surface area contributed by atoms with Crippen LogP contribution in [0, 0.1) is 39.4 Å². The Labute approximate surface area is 358 Å². The average Bonchev–Trinajstić information content (AvgIpc) is 3.55. The summed E-state index contributed by atoms with van der Waals surface area (Å²) in [5.41, 5.74) is 8.92. The summed E-state index contributed by atoms with van der Waals surface area (Å²) in [6, 6.07) is 22.7. The zero-order valence-electron chi connectivity index (χ0n) is 37.8. The summed E-state index contributed by atoms with van der Waals surface area (Å²) >= 11 is 0. The second-order valence-corrected chi connectivity index (χ2v) is 21.9. The SMILES string of the molecule is CC(C)=CCCC(C)C1CCC2(C)C3=C(CCC12C)C1(C)CCC(O)C(C)(C)C1CC3.CN1C2CCC1CC(OC(c1ccccc1)c1ccccc1)C2.O=S(=O)(O)O. The molecule has 2 saturated carbocycles. The van der Waals surface area contributed by atoms with E-state index in [0.29, 0.717) is 40.4 Å². The van der Waals surface area contributed by atoms with Crippen LogP contribution in [0.5, 0.6) is 0 Å². The minimum Gasteiger partial charge on any atom is -0.393 e. The van der Waals surface area contributed by atoms with Crippen LogP contribution in [0.4, 0.5) is 0 Å². The number of hydrogen-bond donors (Lipinski definition) is 3. The van der Waals surface area contributed by atoms with E-state index in [2.05, 4.69) is 134 Å². The van der Waals surface area contributed by atoms with E-state index >= 15 is 0 Å². The van der Waals surface area contributed by atoms with Gasteiger partial charge in [0.15, 0.2) is 0 Å². The first-order valence-corrected chi connectivity index (χ1v) is 24.3. The third-order valence-electron chi connectivity index (χ3n) is 17.2. The number of aliphatic hydroxyl groups is 1. The molecule has 4 aliphatic carbocycles. The largest absolute Gasteiger partial charge is 0.394 e. The van der Waals surface area contributed by atoms with Crippen LogP contribution in [0.2, 0.25) is 0 Å². The standard InChI is InChI=1S/C30H50O.C21H25NO.H2O4S/c1-20(2)10-9-11-21(3)22-14-18-30(8)24-12-13-25-27(4,5)26(31)16-17-28(25,6)23(24)15-19-29(22,30)7;1-22-18-12-13-19(22)15-20(14-18)23-21(16-8-4-2-5-9-16)17-10-6-3-7-11-17;1-5(2,3)4/h10,21-22,25-26,31H,9,11-19H2,1-8H3;2-11,18-21H,12-15H2,1H3;(H2,1,2,3,4). The molecule has 4 fully saturated rings. The summed E-state index contributed by atoms with van der Waals surface area (Å²) in [6.07, 6.45) is 20.6. The lowest BCUT2D eigenvalue weighted by atomic mass is 9.43. The fourth-order valence-corrected chi connectivity index (χ4v) is 13.7. The Morgan fingerprint density at radius 3 is 1.92 bits per heavy atom. The summed E-state index contributed by atoms with van der Waals surface area (Å²) in [7, 11) is -2.38. The summed E-state index contributed by atoms with van der Waals surface area (Å²) in [6.45, 7) is 19.6. The predicted octanol–water partition coefficient (Wildman–Crippen LogP) is 12.2. The summed E-state index contributed by atoms with van der Waals surface area (Å²) in [5, 5.41) is 10.8. The molecule has 2 heterocycles. The van der Waals surface area contributed by atoms with E-state index in [1.54, 1.807) is 0 Å². The molecule has 3 N–H and O–H groups in total. The van der Waals surface area contributed by atoms with Crippen LogP contribution in [0.1, 0.15) is 163 Å². The molecule has 6 aliphatic rings. The maximum atomic E-state index is 10.8. The predicted molar refractivity (Wildman–Crippen MR) is 240 cm³/mol. The highest BCUT2D eigenvalue weighted by Crippen LogP contribution is 2.72. The topological polar surface area (TPSA) is 107 Å². The van der Waals surface area contributed by atoms with Crippen molar-refractivity contribution in [2.45, 2.75) is 176 Å². The van der Waals surface area contributed by atoms with Crippen LogP contribution in [-0.4, -0.2) is 58.9 Å². The number of hydrogen-bond acceptors (Lipinski definition) is 5. The van der Waals surface area contributed by atoms with Gasteiger partial charge in [-0.15, -0.1) is 0 Å². The number of rotatable bonds is 8. The number of benzene rings is 2. The molecule has 9 unspecified atom stereocenters. The Balaban J connectivity index is 0.000000184. The smallest absolute Gasteiger partial charge is 0.393 e. The van der Waals surface area contributed by atoms with Crippen LogP contribution >= 0.6 is 0 Å². The number of nitrogens with zero attached hydrogens (tertiary/aromatic N) is 1. The van der Waals surface area contributed by atoms with E-state index in [4.69, 9.17) is 22.3 Å². The van der Waals surface area contributed by atoms with Crippen molar-refractivity contribution < 1.29 is 27.4 Å². The Hall–Kier alpha value is -2.33. The Bertz CT molecular complexity index is 1830. The van der Waals surface area contributed by atoms with Crippen LogP contribution in [0.15, 0.2) is 83.5 Å². The second kappa shape index (κ2) is 18.2. The molecule has 328 valence electrons. The van der Waals surface area contributed by atoms with E-state index < -0.39 is 10.4 Å². The van der Waals surface area contributed by atoms with Crippen molar-refractivity contribution in [3.63, 3.8) is 0 Å². The minimum absolute atomic E-state index is 0.0465. The molecule has 59 heavy (non-hydrogen) atoms. The van der Waals surface area contributed by atoms with Gasteiger partial charge in [-0.05, 0) is 161 Å². The normalized spacial score (nSPS) is 35.3. The zero-order valence-corrected chi connectivity index (χ0v) is 38.6. The van der Waals surface area contributed by atoms with Crippen molar-refractivity contribution in [3.05, 3.63) is 94.6 Å². The molecule has 0 aromatic heterocycles. The van der Waals surface area contributed by atoms with Crippen LogP contribution in [-0.2, 0) is 15.1 Å². The van der Waals surface area contributed by atoms with Gasteiger partial charge in [0.1, 0.15) is 6.10 Å². The molecule has 8 rings (SSSR count). The summed E-state index contributed by atoms with van der Waals surface area (Å²) in [4.78, 5) is 2.57. The molecule has 2 bridgehead atoms. The van der Waals surface area contributed by atoms with Crippen molar-refractivity contribution in [3.8, 4) is 0 Å². The van der Waals surface area contributed by atoms with E-state index in [1.165, 1.54) is 100 Å². The molecule has 8 heteroatoms. The maximum absolute atomic E-state index is 10.8. The van der Waals surface area contributed by atoms with Gasteiger partial charge < -0.3 is 14.7 Å². The van der Waals surface area contributed by atoms with E-state index in [-0.39, 0.29) is 17.6 Å². The van der Waals surface area contributed by atoms with Crippen molar-refractivity contribution in [2.24, 2.45) is 39.4 Å². The first-order valence-electron chi connectivity index (χ1n) is 22.9. The second-order valence-electron chi connectivity index (χ2n) is 21.0. The molecular weight excluding hydrogens is 755 g/mol. The number of piperidine rings is 1. The first-order chi connectivity index (χ1) is 27.7. The van der Waals surface area contributed by atoms with Gasteiger partial charge in [0.2, 0.25) is 0 Å². The quantitative estimate of drug-likeness (QED) is 0.180. The number of ether oxygens (including phenoxy) is 1. The monoisotopic (exact) mass is 832 g/mol.